The van der Waals surface area contributed by atoms with E-state index < -0.39 is 0 Å². The van der Waals surface area contributed by atoms with E-state index in [1.54, 1.807) is 12.1 Å². The molecule has 0 atom stereocenters. The lowest BCUT2D eigenvalue weighted by molar-refractivity contribution is -0.122. The molecule has 0 aliphatic heterocycles. The van der Waals surface area contributed by atoms with Gasteiger partial charge in [-0.1, -0.05) is 11.6 Å². The summed E-state index contributed by atoms with van der Waals surface area (Å²) in [5.41, 5.74) is 6.12. The summed E-state index contributed by atoms with van der Waals surface area (Å²) in [5, 5.41) is 5.76. The van der Waals surface area contributed by atoms with Crippen LogP contribution in [0.15, 0.2) is 18.2 Å². The fourth-order valence-electron chi connectivity index (χ4n) is 1.58. The number of anilines is 1. The Morgan fingerprint density at radius 2 is 1.95 bits per heavy atom. The summed E-state index contributed by atoms with van der Waals surface area (Å²) < 4.78 is 0. The van der Waals surface area contributed by atoms with Crippen molar-refractivity contribution in [2.45, 2.75) is 32.7 Å². The zero-order valence-electron chi connectivity index (χ0n) is 11.9. The van der Waals surface area contributed by atoms with Gasteiger partial charge in [0, 0.05) is 24.2 Å². The van der Waals surface area contributed by atoms with Crippen LogP contribution in [0.5, 0.6) is 0 Å². The minimum absolute atomic E-state index is 0.110. The van der Waals surface area contributed by atoms with Crippen molar-refractivity contribution in [1.29, 1.82) is 0 Å². The van der Waals surface area contributed by atoms with Crippen molar-refractivity contribution in [2.24, 2.45) is 0 Å². The molecule has 4 N–H and O–H groups in total. The van der Waals surface area contributed by atoms with Gasteiger partial charge < -0.3 is 16.4 Å². The Labute approximate surface area is 123 Å². The van der Waals surface area contributed by atoms with E-state index in [1.807, 2.05) is 20.8 Å². The van der Waals surface area contributed by atoms with E-state index in [2.05, 4.69) is 10.6 Å². The lowest BCUT2D eigenvalue weighted by atomic mass is 10.1. The molecule has 5 nitrogen and oxygen atoms in total. The fourth-order valence-corrected chi connectivity index (χ4v) is 1.86. The first-order valence-electron chi connectivity index (χ1n) is 6.33. The Morgan fingerprint density at radius 1 is 1.30 bits per heavy atom. The van der Waals surface area contributed by atoms with E-state index in [0.29, 0.717) is 16.3 Å². The van der Waals surface area contributed by atoms with Crippen molar-refractivity contribution < 1.29 is 9.59 Å². The number of hydrogen-bond donors (Lipinski definition) is 3. The second-order valence-electron chi connectivity index (χ2n) is 5.54. The largest absolute Gasteiger partial charge is 0.399 e. The zero-order valence-corrected chi connectivity index (χ0v) is 12.7. The monoisotopic (exact) mass is 297 g/mol. The molecule has 2 amide bonds. The van der Waals surface area contributed by atoms with Crippen LogP contribution in [0.1, 0.15) is 37.6 Å². The van der Waals surface area contributed by atoms with Gasteiger partial charge in [-0.05, 0) is 39.0 Å². The van der Waals surface area contributed by atoms with Crippen molar-refractivity contribution in [1.82, 2.24) is 10.6 Å². The summed E-state index contributed by atoms with van der Waals surface area (Å²) in [6.07, 6.45) is 0.218. The molecule has 110 valence electrons. The molecule has 0 aliphatic rings. The summed E-state index contributed by atoms with van der Waals surface area (Å²) in [6.45, 7) is 5.95. The summed E-state index contributed by atoms with van der Waals surface area (Å²) in [4.78, 5) is 23.5. The van der Waals surface area contributed by atoms with Gasteiger partial charge >= 0.3 is 0 Å². The highest BCUT2D eigenvalue weighted by Gasteiger charge is 2.14. The van der Waals surface area contributed by atoms with Crippen LogP contribution in [-0.2, 0) is 4.79 Å². The van der Waals surface area contributed by atoms with Crippen LogP contribution < -0.4 is 16.4 Å². The quantitative estimate of drug-likeness (QED) is 0.743. The van der Waals surface area contributed by atoms with Crippen LogP contribution >= 0.6 is 11.6 Å². The molecule has 1 aromatic carbocycles. The number of amides is 2. The van der Waals surface area contributed by atoms with Gasteiger partial charge in [-0.15, -0.1) is 0 Å². The fraction of sp³-hybridized carbons (Fsp3) is 0.429. The number of nitrogens with one attached hydrogen (secondary N) is 2. The second kappa shape index (κ2) is 6.61. The molecular weight excluding hydrogens is 278 g/mol. The number of halogens is 1. The summed E-state index contributed by atoms with van der Waals surface area (Å²) in [7, 11) is 0. The highest BCUT2D eigenvalue weighted by molar-refractivity contribution is 6.34. The molecule has 1 rings (SSSR count). The topological polar surface area (TPSA) is 84.2 Å². The minimum atomic E-state index is -0.321. The highest BCUT2D eigenvalue weighted by atomic mass is 35.5. The molecule has 0 fully saturated rings. The standard InChI is InChI=1S/C14H20ClN3O2/c1-14(2,3)18-12(19)6-7-17-13(20)10-5-4-9(16)8-11(10)15/h4-5,8H,6-7,16H2,1-3H3,(H,17,20)(H,18,19). The van der Waals surface area contributed by atoms with E-state index >= 15 is 0 Å². The van der Waals surface area contributed by atoms with Crippen LogP contribution in [0.3, 0.4) is 0 Å². The Morgan fingerprint density at radius 3 is 2.50 bits per heavy atom. The summed E-state index contributed by atoms with van der Waals surface area (Å²) >= 11 is 5.93. The average Bonchev–Trinajstić information content (AvgIpc) is 2.25. The third kappa shape index (κ3) is 5.48. The number of benzene rings is 1. The Hall–Kier alpha value is -1.75. The van der Waals surface area contributed by atoms with E-state index in [9.17, 15) is 9.59 Å². The van der Waals surface area contributed by atoms with Gasteiger partial charge in [0.1, 0.15) is 0 Å². The molecule has 6 heteroatoms. The molecule has 1 aromatic rings. The third-order valence-electron chi connectivity index (χ3n) is 2.39. The van der Waals surface area contributed by atoms with Crippen LogP contribution in [0.4, 0.5) is 5.69 Å². The van der Waals surface area contributed by atoms with Crippen molar-refractivity contribution in [3.8, 4) is 0 Å². The Bertz CT molecular complexity index is 510. The maximum Gasteiger partial charge on any atom is 0.252 e. The first-order valence-corrected chi connectivity index (χ1v) is 6.71. The molecule has 0 aromatic heterocycles. The number of hydrogen-bond acceptors (Lipinski definition) is 3. The van der Waals surface area contributed by atoms with E-state index in [0.717, 1.165) is 0 Å². The molecule has 0 bridgehead atoms. The maximum atomic E-state index is 11.9. The molecule has 0 heterocycles. The number of carbonyl (C=O) groups excluding carboxylic acids is 2. The second-order valence-corrected chi connectivity index (χ2v) is 5.95. The molecule has 0 saturated heterocycles. The summed E-state index contributed by atoms with van der Waals surface area (Å²) in [5.74, 6) is -0.431. The first-order chi connectivity index (χ1) is 9.19. The Kier molecular flexibility index (Phi) is 5.39. The average molecular weight is 298 g/mol. The smallest absolute Gasteiger partial charge is 0.252 e. The molecule has 0 saturated carbocycles. The van der Waals surface area contributed by atoms with Crippen molar-refractivity contribution >= 4 is 29.1 Å². The van der Waals surface area contributed by atoms with Gasteiger partial charge in [-0.25, -0.2) is 0 Å². The van der Waals surface area contributed by atoms with Crippen molar-refractivity contribution in [2.75, 3.05) is 12.3 Å². The molecule has 0 unspecified atom stereocenters. The lowest BCUT2D eigenvalue weighted by Gasteiger charge is -2.20. The maximum absolute atomic E-state index is 11.9. The molecule has 0 spiro atoms. The van der Waals surface area contributed by atoms with Crippen LogP contribution in [0.2, 0.25) is 5.02 Å². The number of carbonyl (C=O) groups is 2. The number of nitrogen functional groups attached to an aromatic ring is 1. The van der Waals surface area contributed by atoms with Gasteiger partial charge in [0.2, 0.25) is 5.91 Å². The number of nitrogens with two attached hydrogens (primary N) is 1. The first kappa shape index (κ1) is 16.3. The molecular formula is C14H20ClN3O2. The highest BCUT2D eigenvalue weighted by Crippen LogP contribution is 2.18. The number of rotatable bonds is 4. The zero-order chi connectivity index (χ0) is 15.3. The molecule has 0 aliphatic carbocycles. The summed E-state index contributed by atoms with van der Waals surface area (Å²) in [6, 6.07) is 4.68. The van der Waals surface area contributed by atoms with Crippen molar-refractivity contribution in [3.05, 3.63) is 28.8 Å². The van der Waals surface area contributed by atoms with Gasteiger partial charge in [0.05, 0.1) is 10.6 Å². The van der Waals surface area contributed by atoms with Gasteiger partial charge in [-0.2, -0.15) is 0 Å². The van der Waals surface area contributed by atoms with E-state index in [4.69, 9.17) is 17.3 Å². The SMILES string of the molecule is CC(C)(C)NC(=O)CCNC(=O)c1ccc(N)cc1Cl. The van der Waals surface area contributed by atoms with Gasteiger partial charge in [-0.3, -0.25) is 9.59 Å². The van der Waals surface area contributed by atoms with Crippen LogP contribution in [0, 0.1) is 0 Å². The van der Waals surface area contributed by atoms with Gasteiger partial charge in [0.15, 0.2) is 0 Å². The Balaban J connectivity index is 2.46. The van der Waals surface area contributed by atoms with E-state index in [-0.39, 0.29) is 30.3 Å². The molecule has 0 radical (unpaired) electrons. The predicted molar refractivity (Wildman–Crippen MR) is 80.7 cm³/mol. The van der Waals surface area contributed by atoms with Gasteiger partial charge in [0.25, 0.3) is 5.91 Å². The lowest BCUT2D eigenvalue weighted by Crippen LogP contribution is -2.42. The van der Waals surface area contributed by atoms with E-state index in [1.165, 1.54) is 6.07 Å². The minimum Gasteiger partial charge on any atom is -0.399 e. The third-order valence-corrected chi connectivity index (χ3v) is 2.70. The normalized spacial score (nSPS) is 11.0. The van der Waals surface area contributed by atoms with Crippen LogP contribution in [0.25, 0.3) is 0 Å². The predicted octanol–water partition coefficient (Wildman–Crippen LogP) is 1.96. The molecule has 20 heavy (non-hydrogen) atoms. The van der Waals surface area contributed by atoms with Crippen molar-refractivity contribution in [3.63, 3.8) is 0 Å². The van der Waals surface area contributed by atoms with Crippen LogP contribution in [-0.4, -0.2) is 23.9 Å².